The van der Waals surface area contributed by atoms with Gasteiger partial charge in [-0.2, -0.15) is 0 Å². The maximum absolute atomic E-state index is 9.75. The Morgan fingerprint density at radius 1 is 1.30 bits per heavy atom. The summed E-state index contributed by atoms with van der Waals surface area (Å²) in [5.74, 6) is -0.333. The van der Waals surface area contributed by atoms with E-state index in [1.165, 1.54) is 6.92 Å². The van der Waals surface area contributed by atoms with Gasteiger partial charge < -0.3 is 23.0 Å². The van der Waals surface area contributed by atoms with Crippen LogP contribution in [0.15, 0.2) is 0 Å². The zero-order chi connectivity index (χ0) is 8.08. The van der Waals surface area contributed by atoms with Crippen molar-refractivity contribution in [1.82, 2.24) is 0 Å². The molecule has 0 saturated carbocycles. The van der Waals surface area contributed by atoms with E-state index < -0.39 is 7.25 Å². The van der Waals surface area contributed by atoms with Crippen LogP contribution in [0.1, 0.15) is 6.92 Å². The molecule has 0 aliphatic carbocycles. The topological polar surface area (TPSA) is 43.1 Å². The number of amides is 1. The minimum atomic E-state index is -6.00. The van der Waals surface area contributed by atoms with Crippen LogP contribution in [0.2, 0.25) is 0 Å². The van der Waals surface area contributed by atoms with E-state index in [4.69, 9.17) is 0 Å². The van der Waals surface area contributed by atoms with Crippen molar-refractivity contribution < 1.29 is 42.5 Å². The molecule has 2 nitrogen and oxygen atoms in total. The van der Waals surface area contributed by atoms with Crippen LogP contribution in [-0.2, 0) is 25.2 Å². The third kappa shape index (κ3) is 55400. The largest absolute Gasteiger partial charge is 0.673 e. The Balaban J connectivity index is -0.0000000910. The molecule has 0 unspecified atom stereocenters. The standard InChI is InChI=1S/C2H5NO.BF4.Pd/c1-2(3)4;2-1(3,4)5;/h1H3,(H2,3,4);;/q;-1;. The van der Waals surface area contributed by atoms with Gasteiger partial charge in [-0.1, -0.05) is 0 Å². The molecule has 0 atom stereocenters. The molecule has 0 spiro atoms. The summed E-state index contributed by atoms with van der Waals surface area (Å²) >= 11 is 0. The summed E-state index contributed by atoms with van der Waals surface area (Å²) in [5.41, 5.74) is 4.47. The molecule has 0 fully saturated rings. The Hall–Kier alpha value is -0.0827. The quantitative estimate of drug-likeness (QED) is 0.502. The zero-order valence-corrected chi connectivity index (χ0v) is 6.45. The van der Waals surface area contributed by atoms with E-state index in [1.807, 2.05) is 0 Å². The number of hydrogen-bond acceptors (Lipinski definition) is 1. The molecule has 0 saturated heterocycles. The third-order valence-electron chi connectivity index (χ3n) is 0. The molecule has 0 heterocycles. The first kappa shape index (κ1) is 16.5. The van der Waals surface area contributed by atoms with Crippen molar-refractivity contribution in [2.45, 2.75) is 6.92 Å². The molecule has 0 radical (unpaired) electrons. The van der Waals surface area contributed by atoms with Gasteiger partial charge in [-0.25, -0.2) is 0 Å². The van der Waals surface area contributed by atoms with Crippen LogP contribution in [0.25, 0.3) is 0 Å². The fourth-order valence-corrected chi connectivity index (χ4v) is 0. The summed E-state index contributed by atoms with van der Waals surface area (Å²) in [6, 6.07) is 0. The summed E-state index contributed by atoms with van der Waals surface area (Å²) < 4.78 is 39.0. The van der Waals surface area contributed by atoms with Crippen LogP contribution >= 0.6 is 0 Å². The summed E-state index contributed by atoms with van der Waals surface area (Å²) in [6.07, 6.45) is 0. The number of primary amides is 1. The molecule has 0 aromatic carbocycles. The van der Waals surface area contributed by atoms with E-state index in [0.29, 0.717) is 0 Å². The Kier molecular flexibility index (Phi) is 11.6. The van der Waals surface area contributed by atoms with Crippen LogP contribution in [0.5, 0.6) is 0 Å². The Bertz CT molecular complexity index is 85.7. The van der Waals surface area contributed by atoms with Crippen LogP contribution < -0.4 is 5.73 Å². The predicted molar refractivity (Wildman–Crippen MR) is 25.1 cm³/mol. The van der Waals surface area contributed by atoms with E-state index in [-0.39, 0.29) is 26.3 Å². The molecular weight excluding hydrogens is 247 g/mol. The summed E-state index contributed by atoms with van der Waals surface area (Å²) in [6.45, 7) is 1.31. The second kappa shape index (κ2) is 7.03. The maximum atomic E-state index is 9.75. The SMILES string of the molecule is CC(N)=O.F[B-](F)(F)F.[Pd]. The second-order valence-electron chi connectivity index (χ2n) is 1.11. The first-order valence-electron chi connectivity index (χ1n) is 1.87. The van der Waals surface area contributed by atoms with Crippen LogP contribution in [-0.4, -0.2) is 13.2 Å². The van der Waals surface area contributed by atoms with Gasteiger partial charge in [0.15, 0.2) is 0 Å². The van der Waals surface area contributed by atoms with E-state index in [2.05, 4.69) is 5.73 Å². The van der Waals surface area contributed by atoms with Gasteiger partial charge in [-0.15, -0.1) is 0 Å². The molecule has 0 aliphatic heterocycles. The van der Waals surface area contributed by atoms with E-state index >= 15 is 0 Å². The molecule has 0 aromatic heterocycles. The molecule has 0 rings (SSSR count). The molecular formula is C2H5BF4NOPd-. The second-order valence-corrected chi connectivity index (χ2v) is 1.11. The smallest absolute Gasteiger partial charge is 0.418 e. The Labute approximate surface area is 68.9 Å². The predicted octanol–water partition coefficient (Wildman–Crippen LogP) is 0.789. The van der Waals surface area contributed by atoms with Gasteiger partial charge in [0, 0.05) is 27.3 Å². The van der Waals surface area contributed by atoms with Gasteiger partial charge in [0.1, 0.15) is 0 Å². The Morgan fingerprint density at radius 2 is 1.30 bits per heavy atom. The summed E-state index contributed by atoms with van der Waals surface area (Å²) in [4.78, 5) is 9.22. The monoisotopic (exact) mass is 252 g/mol. The molecule has 10 heavy (non-hydrogen) atoms. The first-order chi connectivity index (χ1) is 3.73. The van der Waals surface area contributed by atoms with Gasteiger partial charge in [-0.3, -0.25) is 4.79 Å². The number of rotatable bonds is 0. The number of halogens is 4. The van der Waals surface area contributed by atoms with Gasteiger partial charge >= 0.3 is 7.25 Å². The Morgan fingerprint density at radius 3 is 1.30 bits per heavy atom. The molecule has 1 amide bonds. The molecule has 0 bridgehead atoms. The van der Waals surface area contributed by atoms with Crippen LogP contribution in [0.4, 0.5) is 17.3 Å². The normalized spacial score (nSPS) is 8.50. The number of nitrogens with two attached hydrogens (primary N) is 1. The van der Waals surface area contributed by atoms with Gasteiger partial charge in [-0.05, 0) is 0 Å². The maximum Gasteiger partial charge on any atom is 0.673 e. The minimum Gasteiger partial charge on any atom is -0.418 e. The van der Waals surface area contributed by atoms with Crippen molar-refractivity contribution in [1.29, 1.82) is 0 Å². The summed E-state index contributed by atoms with van der Waals surface area (Å²) in [5, 5.41) is 0. The number of carbonyl (C=O) groups is 1. The van der Waals surface area contributed by atoms with Crippen molar-refractivity contribution in [3.63, 3.8) is 0 Å². The molecule has 8 heteroatoms. The van der Waals surface area contributed by atoms with Crippen molar-refractivity contribution in [3.05, 3.63) is 0 Å². The van der Waals surface area contributed by atoms with E-state index in [1.54, 1.807) is 0 Å². The van der Waals surface area contributed by atoms with Crippen molar-refractivity contribution in [2.75, 3.05) is 0 Å². The first-order valence-corrected chi connectivity index (χ1v) is 1.87. The third-order valence-corrected chi connectivity index (χ3v) is 0. The minimum absolute atomic E-state index is 0. The molecule has 66 valence electrons. The van der Waals surface area contributed by atoms with Crippen molar-refractivity contribution in [2.24, 2.45) is 5.73 Å². The van der Waals surface area contributed by atoms with Crippen molar-refractivity contribution in [3.8, 4) is 0 Å². The van der Waals surface area contributed by atoms with Crippen LogP contribution in [0.3, 0.4) is 0 Å². The van der Waals surface area contributed by atoms with Crippen molar-refractivity contribution >= 4 is 13.2 Å². The fraction of sp³-hybridized carbons (Fsp3) is 0.500. The molecule has 2 N–H and O–H groups in total. The zero-order valence-electron chi connectivity index (χ0n) is 4.89. The number of carbonyl (C=O) groups excluding carboxylic acids is 1. The van der Waals surface area contributed by atoms with Gasteiger partial charge in [0.05, 0.1) is 0 Å². The number of hydrogen-bond donors (Lipinski definition) is 1. The fourth-order valence-electron chi connectivity index (χ4n) is 0. The average molecular weight is 252 g/mol. The van der Waals surface area contributed by atoms with Gasteiger partial charge in [0.2, 0.25) is 5.91 Å². The molecule has 0 aliphatic rings. The van der Waals surface area contributed by atoms with Gasteiger partial charge in [0.25, 0.3) is 0 Å². The van der Waals surface area contributed by atoms with E-state index in [0.717, 1.165) is 0 Å². The summed E-state index contributed by atoms with van der Waals surface area (Å²) in [7, 11) is -6.00. The average Bonchev–Trinajstić information content (AvgIpc) is 1.19. The molecule has 0 aromatic rings. The van der Waals surface area contributed by atoms with Crippen LogP contribution in [0, 0.1) is 0 Å². The van der Waals surface area contributed by atoms with E-state index in [9.17, 15) is 22.1 Å².